The standard InChI is InChI=1S/C15H14BrClFNO/c1-9(10-3-6-13(17)14(18)7-10)19-11-4-5-12(16)15(8-11)20-2/h3-9,19H,1-2H3. The Morgan fingerprint density at radius 3 is 2.65 bits per heavy atom. The molecule has 0 amide bonds. The van der Waals surface area contributed by atoms with Crippen LogP contribution >= 0.6 is 27.5 Å². The van der Waals surface area contributed by atoms with Crippen molar-refractivity contribution in [3.8, 4) is 5.75 Å². The van der Waals surface area contributed by atoms with Gasteiger partial charge in [0.1, 0.15) is 11.6 Å². The highest BCUT2D eigenvalue weighted by molar-refractivity contribution is 9.10. The maximum atomic E-state index is 13.5. The Kier molecular flexibility index (Phi) is 4.89. The average molecular weight is 359 g/mol. The first-order valence-electron chi connectivity index (χ1n) is 6.06. The minimum atomic E-state index is -0.411. The number of ether oxygens (including phenoxy) is 1. The van der Waals surface area contributed by atoms with E-state index in [-0.39, 0.29) is 11.1 Å². The maximum absolute atomic E-state index is 13.5. The molecule has 1 N–H and O–H groups in total. The van der Waals surface area contributed by atoms with E-state index >= 15 is 0 Å². The number of rotatable bonds is 4. The van der Waals surface area contributed by atoms with Crippen LogP contribution in [0.3, 0.4) is 0 Å². The molecule has 1 unspecified atom stereocenters. The van der Waals surface area contributed by atoms with Gasteiger partial charge in [0.15, 0.2) is 0 Å². The van der Waals surface area contributed by atoms with Crippen molar-refractivity contribution >= 4 is 33.2 Å². The van der Waals surface area contributed by atoms with Crippen molar-refractivity contribution in [3.63, 3.8) is 0 Å². The van der Waals surface area contributed by atoms with E-state index in [9.17, 15) is 4.39 Å². The van der Waals surface area contributed by atoms with Crippen molar-refractivity contribution in [3.05, 3.63) is 57.3 Å². The predicted octanol–water partition coefficient (Wildman–Crippen LogP) is 5.42. The summed E-state index contributed by atoms with van der Waals surface area (Å²) in [6, 6.07) is 10.5. The van der Waals surface area contributed by atoms with Crippen LogP contribution in [0.1, 0.15) is 18.5 Å². The van der Waals surface area contributed by atoms with Crippen LogP contribution in [0, 0.1) is 5.82 Å². The molecule has 20 heavy (non-hydrogen) atoms. The molecule has 0 aromatic heterocycles. The molecule has 0 aliphatic rings. The van der Waals surface area contributed by atoms with Crippen LogP contribution in [0.25, 0.3) is 0 Å². The van der Waals surface area contributed by atoms with E-state index < -0.39 is 5.82 Å². The van der Waals surface area contributed by atoms with Gasteiger partial charge < -0.3 is 10.1 Å². The molecular formula is C15H14BrClFNO. The van der Waals surface area contributed by atoms with Gasteiger partial charge in [-0.2, -0.15) is 0 Å². The second kappa shape index (κ2) is 6.46. The van der Waals surface area contributed by atoms with Crippen molar-refractivity contribution in [2.45, 2.75) is 13.0 Å². The van der Waals surface area contributed by atoms with Crippen LogP contribution in [0.5, 0.6) is 5.75 Å². The molecule has 5 heteroatoms. The summed E-state index contributed by atoms with van der Waals surface area (Å²) in [5.74, 6) is 0.329. The molecule has 2 nitrogen and oxygen atoms in total. The third-order valence-electron chi connectivity index (χ3n) is 2.98. The predicted molar refractivity (Wildman–Crippen MR) is 84.1 cm³/mol. The summed E-state index contributed by atoms with van der Waals surface area (Å²) in [7, 11) is 1.61. The van der Waals surface area contributed by atoms with Gasteiger partial charge in [0.05, 0.1) is 16.6 Å². The number of anilines is 1. The zero-order valence-corrected chi connectivity index (χ0v) is 13.4. The average Bonchev–Trinajstić information content (AvgIpc) is 2.43. The SMILES string of the molecule is COc1cc(NC(C)c2ccc(Cl)c(F)c2)ccc1Br. The molecule has 0 bridgehead atoms. The number of benzene rings is 2. The Morgan fingerprint density at radius 2 is 2.00 bits per heavy atom. The Bertz CT molecular complexity index is 621. The third kappa shape index (κ3) is 3.44. The molecule has 2 rings (SSSR count). The van der Waals surface area contributed by atoms with E-state index in [4.69, 9.17) is 16.3 Å². The smallest absolute Gasteiger partial charge is 0.142 e. The molecule has 2 aromatic rings. The highest BCUT2D eigenvalue weighted by Crippen LogP contribution is 2.30. The molecule has 0 radical (unpaired) electrons. The summed E-state index contributed by atoms with van der Waals surface area (Å²) in [6.07, 6.45) is 0. The minimum absolute atomic E-state index is 0.0485. The summed E-state index contributed by atoms with van der Waals surface area (Å²) < 4.78 is 19.6. The zero-order chi connectivity index (χ0) is 14.7. The van der Waals surface area contributed by atoms with Crippen molar-refractivity contribution in [2.24, 2.45) is 0 Å². The quantitative estimate of drug-likeness (QED) is 0.787. The topological polar surface area (TPSA) is 21.3 Å². The van der Waals surface area contributed by atoms with Crippen LogP contribution in [-0.4, -0.2) is 7.11 Å². The monoisotopic (exact) mass is 357 g/mol. The van der Waals surface area contributed by atoms with E-state index in [1.807, 2.05) is 25.1 Å². The van der Waals surface area contributed by atoms with Gasteiger partial charge >= 0.3 is 0 Å². The van der Waals surface area contributed by atoms with Gasteiger partial charge in [-0.15, -0.1) is 0 Å². The van der Waals surface area contributed by atoms with Gasteiger partial charge in [0.25, 0.3) is 0 Å². The molecular weight excluding hydrogens is 345 g/mol. The summed E-state index contributed by atoms with van der Waals surface area (Å²) >= 11 is 9.09. The van der Waals surface area contributed by atoms with Gasteiger partial charge in [-0.25, -0.2) is 4.39 Å². The van der Waals surface area contributed by atoms with Crippen molar-refractivity contribution in [2.75, 3.05) is 12.4 Å². The lowest BCUT2D eigenvalue weighted by Crippen LogP contribution is -2.07. The normalized spacial score (nSPS) is 12.1. The fourth-order valence-electron chi connectivity index (χ4n) is 1.86. The van der Waals surface area contributed by atoms with Gasteiger partial charge in [0.2, 0.25) is 0 Å². The van der Waals surface area contributed by atoms with Gasteiger partial charge in [0, 0.05) is 17.8 Å². The van der Waals surface area contributed by atoms with E-state index in [0.29, 0.717) is 0 Å². The Hall–Kier alpha value is -1.26. The van der Waals surface area contributed by atoms with Gasteiger partial charge in [-0.1, -0.05) is 17.7 Å². The second-order valence-corrected chi connectivity index (χ2v) is 5.65. The molecule has 0 saturated heterocycles. The molecule has 0 spiro atoms. The van der Waals surface area contributed by atoms with E-state index in [2.05, 4.69) is 21.2 Å². The highest BCUT2D eigenvalue weighted by atomic mass is 79.9. The Balaban J connectivity index is 2.18. The lowest BCUT2D eigenvalue weighted by Gasteiger charge is -2.17. The van der Waals surface area contributed by atoms with Gasteiger partial charge in [-0.3, -0.25) is 0 Å². The van der Waals surface area contributed by atoms with E-state index in [0.717, 1.165) is 21.5 Å². The zero-order valence-electron chi connectivity index (χ0n) is 11.1. The fourth-order valence-corrected chi connectivity index (χ4v) is 2.39. The molecule has 0 fully saturated rings. The molecule has 1 atom stereocenters. The van der Waals surface area contributed by atoms with Crippen molar-refractivity contribution < 1.29 is 9.13 Å². The first-order valence-corrected chi connectivity index (χ1v) is 7.23. The Morgan fingerprint density at radius 1 is 1.25 bits per heavy atom. The van der Waals surface area contributed by atoms with Crippen LogP contribution in [-0.2, 0) is 0 Å². The highest BCUT2D eigenvalue weighted by Gasteiger charge is 2.09. The molecule has 106 valence electrons. The van der Waals surface area contributed by atoms with E-state index in [1.54, 1.807) is 19.2 Å². The third-order valence-corrected chi connectivity index (χ3v) is 3.94. The summed E-state index contributed by atoms with van der Waals surface area (Å²) in [5, 5.41) is 3.43. The first kappa shape index (κ1) is 15.1. The lowest BCUT2D eigenvalue weighted by atomic mass is 10.1. The second-order valence-electron chi connectivity index (χ2n) is 4.39. The summed E-state index contributed by atoms with van der Waals surface area (Å²) in [5.41, 5.74) is 1.72. The molecule has 2 aromatic carbocycles. The number of nitrogens with one attached hydrogen (secondary N) is 1. The maximum Gasteiger partial charge on any atom is 0.142 e. The number of methoxy groups -OCH3 is 1. The van der Waals surface area contributed by atoms with Gasteiger partial charge in [-0.05, 0) is 52.7 Å². The molecule has 0 heterocycles. The minimum Gasteiger partial charge on any atom is -0.495 e. The molecule has 0 saturated carbocycles. The van der Waals surface area contributed by atoms with Crippen LogP contribution < -0.4 is 10.1 Å². The number of hydrogen-bond acceptors (Lipinski definition) is 2. The number of hydrogen-bond donors (Lipinski definition) is 1. The van der Waals surface area contributed by atoms with Crippen molar-refractivity contribution in [1.82, 2.24) is 0 Å². The van der Waals surface area contributed by atoms with Crippen LogP contribution in [0.15, 0.2) is 40.9 Å². The number of halogens is 3. The fraction of sp³-hybridized carbons (Fsp3) is 0.200. The first-order chi connectivity index (χ1) is 9.51. The molecule has 0 aliphatic carbocycles. The lowest BCUT2D eigenvalue weighted by molar-refractivity contribution is 0.412. The Labute approximate surface area is 131 Å². The van der Waals surface area contributed by atoms with Crippen LogP contribution in [0.4, 0.5) is 10.1 Å². The summed E-state index contributed by atoms with van der Waals surface area (Å²) in [6.45, 7) is 1.96. The van der Waals surface area contributed by atoms with Crippen LogP contribution in [0.2, 0.25) is 5.02 Å². The van der Waals surface area contributed by atoms with Crippen molar-refractivity contribution in [1.29, 1.82) is 0 Å². The summed E-state index contributed by atoms with van der Waals surface area (Å²) in [4.78, 5) is 0. The molecule has 0 aliphatic heterocycles. The largest absolute Gasteiger partial charge is 0.495 e. The van der Waals surface area contributed by atoms with E-state index in [1.165, 1.54) is 6.07 Å².